The molecule has 0 atom stereocenters. The highest BCUT2D eigenvalue weighted by molar-refractivity contribution is 6.04. The fourth-order valence-electron chi connectivity index (χ4n) is 2.23. The van der Waals surface area contributed by atoms with Gasteiger partial charge in [0.15, 0.2) is 0 Å². The first kappa shape index (κ1) is 16.6. The van der Waals surface area contributed by atoms with E-state index in [9.17, 15) is 9.59 Å². The van der Waals surface area contributed by atoms with E-state index in [0.717, 1.165) is 5.56 Å². The predicted octanol–water partition coefficient (Wildman–Crippen LogP) is 2.87. The Bertz CT molecular complexity index is 714. The van der Waals surface area contributed by atoms with E-state index in [2.05, 4.69) is 15.3 Å². The number of carboxylic acid groups (broad SMARTS) is 1. The Balaban J connectivity index is 2.14. The van der Waals surface area contributed by atoms with E-state index < -0.39 is 5.97 Å². The van der Waals surface area contributed by atoms with Gasteiger partial charge in [-0.3, -0.25) is 9.59 Å². The molecule has 120 valence electrons. The number of aliphatic carboxylic acids is 1. The SMILES string of the molecule is CC(C)c1ncncc1C(=O)Nc1cccc(CCC(=O)O)c1. The summed E-state index contributed by atoms with van der Waals surface area (Å²) in [5, 5.41) is 11.6. The highest BCUT2D eigenvalue weighted by Gasteiger charge is 2.15. The van der Waals surface area contributed by atoms with Crippen LogP contribution in [0.3, 0.4) is 0 Å². The van der Waals surface area contributed by atoms with Gasteiger partial charge in [0.2, 0.25) is 0 Å². The van der Waals surface area contributed by atoms with E-state index in [1.54, 1.807) is 18.2 Å². The lowest BCUT2D eigenvalue weighted by Gasteiger charge is -2.11. The minimum atomic E-state index is -0.845. The maximum atomic E-state index is 12.4. The highest BCUT2D eigenvalue weighted by atomic mass is 16.4. The molecule has 6 heteroatoms. The maximum absolute atomic E-state index is 12.4. The molecule has 23 heavy (non-hydrogen) atoms. The summed E-state index contributed by atoms with van der Waals surface area (Å²) in [5.74, 6) is -1.01. The lowest BCUT2D eigenvalue weighted by Crippen LogP contribution is -2.16. The van der Waals surface area contributed by atoms with Gasteiger partial charge in [0.05, 0.1) is 11.3 Å². The van der Waals surface area contributed by atoms with Gasteiger partial charge in [-0.05, 0) is 30.0 Å². The van der Waals surface area contributed by atoms with E-state index in [1.807, 2.05) is 19.9 Å². The number of amides is 1. The van der Waals surface area contributed by atoms with Crippen molar-refractivity contribution >= 4 is 17.6 Å². The number of nitrogens with zero attached hydrogens (tertiary/aromatic N) is 2. The molecule has 0 radical (unpaired) electrons. The molecule has 0 fully saturated rings. The molecule has 0 aliphatic rings. The fourth-order valence-corrected chi connectivity index (χ4v) is 2.23. The summed E-state index contributed by atoms with van der Waals surface area (Å²) in [6.07, 6.45) is 3.41. The van der Waals surface area contributed by atoms with Crippen LogP contribution in [0.4, 0.5) is 5.69 Å². The van der Waals surface area contributed by atoms with Gasteiger partial charge >= 0.3 is 5.97 Å². The second-order valence-corrected chi connectivity index (χ2v) is 5.52. The van der Waals surface area contributed by atoms with Crippen molar-refractivity contribution in [3.63, 3.8) is 0 Å². The molecule has 0 spiro atoms. The fraction of sp³-hybridized carbons (Fsp3) is 0.294. The third-order valence-electron chi connectivity index (χ3n) is 3.35. The van der Waals surface area contributed by atoms with Gasteiger partial charge < -0.3 is 10.4 Å². The van der Waals surface area contributed by atoms with Crippen molar-refractivity contribution in [1.29, 1.82) is 0 Å². The summed E-state index contributed by atoms with van der Waals surface area (Å²) in [6, 6.07) is 7.17. The topological polar surface area (TPSA) is 92.2 Å². The van der Waals surface area contributed by atoms with Crippen LogP contribution in [-0.4, -0.2) is 27.0 Å². The van der Waals surface area contributed by atoms with E-state index in [4.69, 9.17) is 5.11 Å². The zero-order chi connectivity index (χ0) is 16.8. The number of rotatable bonds is 6. The van der Waals surface area contributed by atoms with Gasteiger partial charge in [-0.15, -0.1) is 0 Å². The molecular formula is C17H19N3O3. The van der Waals surface area contributed by atoms with Crippen LogP contribution < -0.4 is 5.32 Å². The molecule has 0 unspecified atom stereocenters. The summed E-state index contributed by atoms with van der Waals surface area (Å²) in [7, 11) is 0. The van der Waals surface area contributed by atoms with Crippen LogP contribution in [0.25, 0.3) is 0 Å². The van der Waals surface area contributed by atoms with Crippen molar-refractivity contribution < 1.29 is 14.7 Å². The molecule has 2 rings (SSSR count). The number of aromatic nitrogens is 2. The largest absolute Gasteiger partial charge is 0.481 e. The second-order valence-electron chi connectivity index (χ2n) is 5.52. The molecule has 1 amide bonds. The van der Waals surface area contributed by atoms with Crippen molar-refractivity contribution in [2.75, 3.05) is 5.32 Å². The van der Waals surface area contributed by atoms with Crippen LogP contribution in [0.5, 0.6) is 0 Å². The average molecular weight is 313 g/mol. The number of carbonyl (C=O) groups is 2. The van der Waals surface area contributed by atoms with Gasteiger partial charge in [-0.2, -0.15) is 0 Å². The normalized spacial score (nSPS) is 10.6. The summed E-state index contributed by atoms with van der Waals surface area (Å²) in [6.45, 7) is 3.93. The third kappa shape index (κ3) is 4.60. The van der Waals surface area contributed by atoms with Crippen LogP contribution in [-0.2, 0) is 11.2 Å². The van der Waals surface area contributed by atoms with Crippen molar-refractivity contribution in [3.05, 3.63) is 53.6 Å². The minimum absolute atomic E-state index is 0.0570. The molecule has 1 aromatic carbocycles. The number of nitrogens with one attached hydrogen (secondary N) is 1. The minimum Gasteiger partial charge on any atom is -0.481 e. The van der Waals surface area contributed by atoms with E-state index in [1.165, 1.54) is 12.5 Å². The summed E-state index contributed by atoms with van der Waals surface area (Å²) >= 11 is 0. The number of benzene rings is 1. The van der Waals surface area contributed by atoms with E-state index >= 15 is 0 Å². The standard InChI is InChI=1S/C17H19N3O3/c1-11(2)16-14(9-18-10-19-16)17(23)20-13-5-3-4-12(8-13)6-7-15(21)22/h3-5,8-11H,6-7H2,1-2H3,(H,20,23)(H,21,22). The third-order valence-corrected chi connectivity index (χ3v) is 3.35. The van der Waals surface area contributed by atoms with Crippen molar-refractivity contribution in [2.24, 2.45) is 0 Å². The second kappa shape index (κ2) is 7.49. The molecule has 0 aliphatic heterocycles. The Morgan fingerprint density at radius 1 is 1.30 bits per heavy atom. The molecule has 1 aromatic heterocycles. The molecule has 0 saturated heterocycles. The zero-order valence-electron chi connectivity index (χ0n) is 13.1. The molecule has 1 heterocycles. The molecule has 0 aliphatic carbocycles. The smallest absolute Gasteiger partial charge is 0.303 e. The first-order chi connectivity index (χ1) is 11.0. The summed E-state index contributed by atoms with van der Waals surface area (Å²) in [4.78, 5) is 31.2. The number of carboxylic acids is 1. The molecule has 6 nitrogen and oxygen atoms in total. The van der Waals surface area contributed by atoms with Crippen LogP contribution >= 0.6 is 0 Å². The Morgan fingerprint density at radius 3 is 2.78 bits per heavy atom. The Morgan fingerprint density at radius 2 is 2.09 bits per heavy atom. The Labute approximate surface area is 134 Å². The Hall–Kier alpha value is -2.76. The van der Waals surface area contributed by atoms with E-state index in [-0.39, 0.29) is 18.2 Å². The summed E-state index contributed by atoms with van der Waals surface area (Å²) in [5.41, 5.74) is 2.62. The molecule has 0 saturated carbocycles. The van der Waals surface area contributed by atoms with Crippen molar-refractivity contribution in [2.45, 2.75) is 32.6 Å². The molecule has 0 bridgehead atoms. The lowest BCUT2D eigenvalue weighted by atomic mass is 10.0. The van der Waals surface area contributed by atoms with Gasteiger partial charge in [0, 0.05) is 18.3 Å². The predicted molar refractivity (Wildman–Crippen MR) is 86.5 cm³/mol. The van der Waals surface area contributed by atoms with Crippen LogP contribution in [0.2, 0.25) is 0 Å². The number of carbonyl (C=O) groups excluding carboxylic acids is 1. The van der Waals surface area contributed by atoms with Gasteiger partial charge in [0.1, 0.15) is 6.33 Å². The van der Waals surface area contributed by atoms with Crippen molar-refractivity contribution in [3.8, 4) is 0 Å². The number of aryl methyl sites for hydroxylation is 1. The van der Waals surface area contributed by atoms with Crippen LogP contribution in [0, 0.1) is 0 Å². The van der Waals surface area contributed by atoms with Gasteiger partial charge in [-0.25, -0.2) is 9.97 Å². The van der Waals surface area contributed by atoms with Crippen LogP contribution in [0.1, 0.15) is 47.8 Å². The first-order valence-corrected chi connectivity index (χ1v) is 7.39. The molecule has 2 N–H and O–H groups in total. The number of anilines is 1. The molecule has 2 aromatic rings. The lowest BCUT2D eigenvalue weighted by molar-refractivity contribution is -0.136. The van der Waals surface area contributed by atoms with Crippen LogP contribution in [0.15, 0.2) is 36.8 Å². The number of hydrogen-bond donors (Lipinski definition) is 2. The molecular weight excluding hydrogens is 294 g/mol. The highest BCUT2D eigenvalue weighted by Crippen LogP contribution is 2.18. The maximum Gasteiger partial charge on any atom is 0.303 e. The summed E-state index contributed by atoms with van der Waals surface area (Å²) < 4.78 is 0. The van der Waals surface area contributed by atoms with Crippen molar-refractivity contribution in [1.82, 2.24) is 9.97 Å². The average Bonchev–Trinajstić information content (AvgIpc) is 2.53. The quantitative estimate of drug-likeness (QED) is 0.855. The van der Waals surface area contributed by atoms with E-state index in [0.29, 0.717) is 23.4 Å². The first-order valence-electron chi connectivity index (χ1n) is 7.39. The van der Waals surface area contributed by atoms with Gasteiger partial charge in [0.25, 0.3) is 5.91 Å². The van der Waals surface area contributed by atoms with Gasteiger partial charge in [-0.1, -0.05) is 26.0 Å². The monoisotopic (exact) mass is 313 g/mol. The Kier molecular flexibility index (Phi) is 5.41. The number of hydrogen-bond acceptors (Lipinski definition) is 4. The zero-order valence-corrected chi connectivity index (χ0v) is 13.1.